The molecule has 0 saturated carbocycles. The zero-order valence-corrected chi connectivity index (χ0v) is 14.4. The van der Waals surface area contributed by atoms with Crippen molar-refractivity contribution >= 4 is 6.03 Å². The Labute approximate surface area is 142 Å². The zero-order valence-electron chi connectivity index (χ0n) is 14.4. The van der Waals surface area contributed by atoms with E-state index in [1.54, 1.807) is 6.20 Å². The minimum absolute atomic E-state index is 0.0278. The fourth-order valence-corrected chi connectivity index (χ4v) is 3.29. The van der Waals surface area contributed by atoms with Crippen molar-refractivity contribution in [1.29, 1.82) is 0 Å². The molecule has 0 spiro atoms. The second-order valence-corrected chi connectivity index (χ2v) is 6.78. The number of nitrogens with zero attached hydrogens (tertiary/aromatic N) is 4. The van der Waals surface area contributed by atoms with Gasteiger partial charge < -0.3 is 14.8 Å². The molecule has 1 atom stereocenters. The number of imidazole rings is 1. The van der Waals surface area contributed by atoms with E-state index in [-0.39, 0.29) is 12.1 Å². The Morgan fingerprint density at radius 2 is 2.33 bits per heavy atom. The summed E-state index contributed by atoms with van der Waals surface area (Å²) < 4.78 is 2.11. The van der Waals surface area contributed by atoms with Crippen molar-refractivity contribution < 1.29 is 4.79 Å². The topological polar surface area (TPSA) is 78.8 Å². The lowest BCUT2D eigenvalue weighted by atomic mass is 9.98. The van der Waals surface area contributed by atoms with E-state index in [0.29, 0.717) is 12.5 Å². The first-order chi connectivity index (χ1) is 11.6. The van der Waals surface area contributed by atoms with Crippen molar-refractivity contribution in [3.05, 3.63) is 36.2 Å². The van der Waals surface area contributed by atoms with Crippen LogP contribution in [-0.4, -0.2) is 37.2 Å². The van der Waals surface area contributed by atoms with Gasteiger partial charge in [0.25, 0.3) is 0 Å². The molecule has 2 N–H and O–H groups in total. The molecule has 7 heteroatoms. The van der Waals surface area contributed by atoms with Crippen LogP contribution in [0.15, 0.2) is 24.8 Å². The molecule has 0 aromatic carbocycles. The summed E-state index contributed by atoms with van der Waals surface area (Å²) in [6, 6.07) is 0.0768. The predicted molar refractivity (Wildman–Crippen MR) is 91.2 cm³/mol. The Morgan fingerprint density at radius 3 is 3.08 bits per heavy atom. The average molecular weight is 330 g/mol. The number of hydrogen-bond donors (Lipinski definition) is 2. The van der Waals surface area contributed by atoms with Gasteiger partial charge in [-0.2, -0.15) is 5.10 Å². The smallest absolute Gasteiger partial charge is 0.318 e. The Hall–Kier alpha value is -2.31. The zero-order chi connectivity index (χ0) is 16.9. The summed E-state index contributed by atoms with van der Waals surface area (Å²) in [4.78, 5) is 19.0. The van der Waals surface area contributed by atoms with E-state index in [4.69, 9.17) is 0 Å². The van der Waals surface area contributed by atoms with Crippen molar-refractivity contribution in [3.8, 4) is 0 Å². The van der Waals surface area contributed by atoms with Gasteiger partial charge in [-0.15, -0.1) is 0 Å². The Bertz CT molecular complexity index is 648. The number of likely N-dealkylation sites (tertiary alicyclic amines) is 1. The maximum atomic E-state index is 12.7. The molecule has 24 heavy (non-hydrogen) atoms. The van der Waals surface area contributed by atoms with Gasteiger partial charge in [0.2, 0.25) is 0 Å². The minimum atomic E-state index is -0.0278. The van der Waals surface area contributed by atoms with Crippen molar-refractivity contribution in [2.75, 3.05) is 6.54 Å². The van der Waals surface area contributed by atoms with Crippen LogP contribution in [0.2, 0.25) is 0 Å². The number of H-pyrrole nitrogens is 1. The van der Waals surface area contributed by atoms with E-state index in [0.717, 1.165) is 43.7 Å². The van der Waals surface area contributed by atoms with Crippen LogP contribution in [0.4, 0.5) is 4.79 Å². The number of hydrogen-bond acceptors (Lipinski definition) is 3. The highest BCUT2D eigenvalue weighted by molar-refractivity contribution is 5.74. The van der Waals surface area contributed by atoms with E-state index in [1.165, 1.54) is 0 Å². The first-order valence-corrected chi connectivity index (χ1v) is 8.68. The fraction of sp³-hybridized carbons (Fsp3) is 0.588. The van der Waals surface area contributed by atoms with Gasteiger partial charge in [0.05, 0.1) is 18.8 Å². The van der Waals surface area contributed by atoms with Crippen LogP contribution in [0, 0.1) is 5.92 Å². The lowest BCUT2D eigenvalue weighted by Crippen LogP contribution is -2.44. The maximum Gasteiger partial charge on any atom is 0.318 e. The van der Waals surface area contributed by atoms with Crippen molar-refractivity contribution in [3.63, 3.8) is 0 Å². The fourth-order valence-electron chi connectivity index (χ4n) is 3.29. The van der Waals surface area contributed by atoms with Gasteiger partial charge in [-0.1, -0.05) is 13.8 Å². The minimum Gasteiger partial charge on any atom is -0.333 e. The van der Waals surface area contributed by atoms with Gasteiger partial charge in [-0.25, -0.2) is 9.78 Å². The number of aromatic amines is 1. The van der Waals surface area contributed by atoms with Crippen molar-refractivity contribution in [2.45, 2.75) is 52.2 Å². The summed E-state index contributed by atoms with van der Waals surface area (Å²) in [6.45, 7) is 6.49. The molecule has 1 fully saturated rings. The third-order valence-corrected chi connectivity index (χ3v) is 4.43. The largest absolute Gasteiger partial charge is 0.333 e. The molecule has 1 saturated heterocycles. The number of aromatic nitrogens is 4. The molecule has 0 radical (unpaired) electrons. The van der Waals surface area contributed by atoms with Gasteiger partial charge in [0.1, 0.15) is 5.82 Å². The first kappa shape index (κ1) is 16.5. The second kappa shape index (κ2) is 7.51. The summed E-state index contributed by atoms with van der Waals surface area (Å²) >= 11 is 0. The molecule has 0 unspecified atom stereocenters. The number of carbonyl (C=O) groups is 1. The van der Waals surface area contributed by atoms with Crippen LogP contribution >= 0.6 is 0 Å². The highest BCUT2D eigenvalue weighted by Gasteiger charge is 2.28. The molecule has 2 aromatic rings. The van der Waals surface area contributed by atoms with Crippen LogP contribution in [0.3, 0.4) is 0 Å². The molecule has 0 bridgehead atoms. The number of amides is 2. The average Bonchev–Trinajstić information content (AvgIpc) is 3.24. The normalized spacial score (nSPS) is 18.1. The highest BCUT2D eigenvalue weighted by Crippen LogP contribution is 2.30. The van der Waals surface area contributed by atoms with Crippen LogP contribution in [0.1, 0.15) is 50.5 Å². The summed E-state index contributed by atoms with van der Waals surface area (Å²) in [7, 11) is 0. The Kier molecular flexibility index (Phi) is 5.17. The van der Waals surface area contributed by atoms with Crippen molar-refractivity contribution in [1.82, 2.24) is 30.0 Å². The number of nitrogens with one attached hydrogen (secondary N) is 2. The van der Waals surface area contributed by atoms with Crippen LogP contribution in [0.5, 0.6) is 0 Å². The van der Waals surface area contributed by atoms with E-state index in [1.807, 2.05) is 23.5 Å². The van der Waals surface area contributed by atoms with Gasteiger partial charge in [-0.3, -0.25) is 5.10 Å². The lowest BCUT2D eigenvalue weighted by Gasteiger charge is -2.35. The molecule has 3 heterocycles. The van der Waals surface area contributed by atoms with Crippen molar-refractivity contribution in [2.24, 2.45) is 5.92 Å². The van der Waals surface area contributed by atoms with Crippen LogP contribution in [0.25, 0.3) is 0 Å². The highest BCUT2D eigenvalue weighted by atomic mass is 16.2. The molecule has 1 aliphatic rings. The van der Waals surface area contributed by atoms with E-state index in [9.17, 15) is 4.79 Å². The van der Waals surface area contributed by atoms with Gasteiger partial charge in [-0.05, 0) is 25.2 Å². The SMILES string of the molecule is CC(C)Cn1ccnc1CNC(=O)N1CCCC[C@@H]1c1cn[nH]c1. The Morgan fingerprint density at radius 1 is 1.46 bits per heavy atom. The summed E-state index contributed by atoms with van der Waals surface area (Å²) in [5.74, 6) is 1.44. The molecule has 2 aromatic heterocycles. The first-order valence-electron chi connectivity index (χ1n) is 8.68. The third kappa shape index (κ3) is 3.77. The molecule has 1 aliphatic heterocycles. The molecular formula is C17H26N6O. The van der Waals surface area contributed by atoms with E-state index < -0.39 is 0 Å². The molecular weight excluding hydrogens is 304 g/mol. The summed E-state index contributed by atoms with van der Waals surface area (Å²) in [5.41, 5.74) is 1.08. The second-order valence-electron chi connectivity index (χ2n) is 6.78. The quantitative estimate of drug-likeness (QED) is 0.884. The number of piperidine rings is 1. The van der Waals surface area contributed by atoms with Gasteiger partial charge in [0, 0.05) is 37.2 Å². The number of carbonyl (C=O) groups excluding carboxylic acids is 1. The van der Waals surface area contributed by atoms with Crippen LogP contribution in [-0.2, 0) is 13.1 Å². The molecule has 7 nitrogen and oxygen atoms in total. The van der Waals surface area contributed by atoms with Crippen LogP contribution < -0.4 is 5.32 Å². The summed E-state index contributed by atoms with van der Waals surface area (Å²) in [6.07, 6.45) is 10.6. The van der Waals surface area contributed by atoms with Gasteiger partial charge >= 0.3 is 6.03 Å². The standard InChI is InChI=1S/C17H26N6O/c1-13(2)12-22-8-6-18-16(22)11-19-17(24)23-7-4-3-5-15(23)14-9-20-21-10-14/h6,8-10,13,15H,3-5,7,11-12H2,1-2H3,(H,19,24)(H,20,21)/t15-/m1/s1. The van der Waals surface area contributed by atoms with Gasteiger partial charge in [0.15, 0.2) is 0 Å². The molecule has 2 amide bonds. The maximum absolute atomic E-state index is 12.7. The lowest BCUT2D eigenvalue weighted by molar-refractivity contribution is 0.151. The predicted octanol–water partition coefficient (Wildman–Crippen LogP) is 2.70. The van der Waals surface area contributed by atoms with E-state index >= 15 is 0 Å². The summed E-state index contributed by atoms with van der Waals surface area (Å²) in [5, 5.41) is 9.90. The molecule has 130 valence electrons. The monoisotopic (exact) mass is 330 g/mol. The number of urea groups is 1. The molecule has 3 rings (SSSR count). The number of rotatable bonds is 5. The molecule has 0 aliphatic carbocycles. The Balaban J connectivity index is 1.62. The third-order valence-electron chi connectivity index (χ3n) is 4.43. The van der Waals surface area contributed by atoms with E-state index in [2.05, 4.69) is 38.9 Å².